The molecule has 1 heterocycles. The number of hydrogen-bond donors (Lipinski definition) is 3. The van der Waals surface area contributed by atoms with Crippen molar-refractivity contribution in [3.63, 3.8) is 0 Å². The Balaban J connectivity index is 2.64. The van der Waals surface area contributed by atoms with E-state index in [4.69, 9.17) is 0 Å². The van der Waals surface area contributed by atoms with Crippen LogP contribution >= 0.6 is 12.6 Å². The van der Waals surface area contributed by atoms with Crippen molar-refractivity contribution in [2.45, 2.75) is 6.04 Å². The van der Waals surface area contributed by atoms with Gasteiger partial charge in [-0.15, -0.1) is 0 Å². The van der Waals surface area contributed by atoms with Gasteiger partial charge in [0.25, 0.3) is 0 Å². The number of rotatable bonds is 3. The molecule has 0 aromatic carbocycles. The van der Waals surface area contributed by atoms with Crippen LogP contribution in [0.25, 0.3) is 0 Å². The molecule has 0 fully saturated rings. The number of nitrogens with one attached hydrogen (secondary N) is 2. The number of hydrogen-bond acceptors (Lipinski definition) is 2. The van der Waals surface area contributed by atoms with E-state index in [1.54, 1.807) is 0 Å². The fraction of sp³-hybridized carbons (Fsp3) is 0.429. The predicted octanol–water partition coefficient (Wildman–Crippen LogP) is 1.20. The second kappa shape index (κ2) is 3.68. The van der Waals surface area contributed by atoms with Crippen LogP contribution in [0.1, 0.15) is 11.7 Å². The molecule has 0 amide bonds. The summed E-state index contributed by atoms with van der Waals surface area (Å²) < 4.78 is 0. The fourth-order valence-electron chi connectivity index (χ4n) is 0.906. The van der Waals surface area contributed by atoms with Gasteiger partial charge in [-0.05, 0) is 19.2 Å². The molecule has 0 aliphatic rings. The van der Waals surface area contributed by atoms with E-state index in [0.29, 0.717) is 6.04 Å². The summed E-state index contributed by atoms with van der Waals surface area (Å²) in [5.41, 5.74) is 1.19. The fourth-order valence-corrected chi connectivity index (χ4v) is 1.29. The lowest BCUT2D eigenvalue weighted by molar-refractivity contribution is 0.647. The Kier molecular flexibility index (Phi) is 2.83. The maximum absolute atomic E-state index is 4.20. The van der Waals surface area contributed by atoms with Crippen molar-refractivity contribution in [1.29, 1.82) is 0 Å². The van der Waals surface area contributed by atoms with E-state index in [1.807, 2.05) is 19.3 Å². The molecule has 0 aliphatic heterocycles. The third-order valence-corrected chi connectivity index (χ3v) is 1.89. The Morgan fingerprint density at radius 2 is 2.60 bits per heavy atom. The maximum Gasteiger partial charge on any atom is 0.0559 e. The van der Waals surface area contributed by atoms with Gasteiger partial charge in [-0.2, -0.15) is 12.6 Å². The van der Waals surface area contributed by atoms with Crippen LogP contribution in [0.3, 0.4) is 0 Å². The van der Waals surface area contributed by atoms with Crippen molar-refractivity contribution in [2.75, 3.05) is 12.8 Å². The Bertz CT molecular complexity index is 168. The highest BCUT2D eigenvalue weighted by molar-refractivity contribution is 7.80. The topological polar surface area (TPSA) is 27.8 Å². The summed E-state index contributed by atoms with van der Waals surface area (Å²) in [7, 11) is 1.93. The molecule has 1 rings (SSSR count). The number of aromatic amines is 1. The van der Waals surface area contributed by atoms with Crippen molar-refractivity contribution in [1.82, 2.24) is 10.3 Å². The average Bonchev–Trinajstić information content (AvgIpc) is 2.43. The standard InChI is InChI=1S/C7H12N2S/c1-8-7(5-10)6-3-2-4-9-6/h2-4,7-10H,5H2,1H3. The second-order valence-electron chi connectivity index (χ2n) is 2.15. The molecule has 1 aromatic heterocycles. The molecule has 0 spiro atoms. The Morgan fingerprint density at radius 1 is 1.80 bits per heavy atom. The molecule has 0 saturated heterocycles. The summed E-state index contributed by atoms with van der Waals surface area (Å²) in [5, 5.41) is 3.15. The third kappa shape index (κ3) is 1.55. The van der Waals surface area contributed by atoms with Crippen LogP contribution in [-0.2, 0) is 0 Å². The first-order chi connectivity index (χ1) is 4.88. The molecule has 0 saturated carbocycles. The monoisotopic (exact) mass is 156 g/mol. The molecule has 1 aromatic rings. The molecular weight excluding hydrogens is 144 g/mol. The average molecular weight is 156 g/mol. The van der Waals surface area contributed by atoms with E-state index in [0.717, 1.165) is 5.75 Å². The predicted molar refractivity (Wildman–Crippen MR) is 46.4 cm³/mol. The van der Waals surface area contributed by atoms with Crippen LogP contribution in [0.5, 0.6) is 0 Å². The summed E-state index contributed by atoms with van der Waals surface area (Å²) >= 11 is 4.20. The van der Waals surface area contributed by atoms with Crippen LogP contribution < -0.4 is 5.32 Å². The molecule has 0 radical (unpaired) electrons. The maximum atomic E-state index is 4.20. The van der Waals surface area contributed by atoms with Gasteiger partial charge in [0.05, 0.1) is 6.04 Å². The van der Waals surface area contributed by atoms with Gasteiger partial charge in [0.1, 0.15) is 0 Å². The Hall–Kier alpha value is -0.410. The first kappa shape index (κ1) is 7.69. The normalized spacial score (nSPS) is 13.4. The van der Waals surface area contributed by atoms with Crippen molar-refractivity contribution in [3.8, 4) is 0 Å². The van der Waals surface area contributed by atoms with Gasteiger partial charge in [-0.1, -0.05) is 0 Å². The van der Waals surface area contributed by atoms with E-state index in [1.165, 1.54) is 5.69 Å². The van der Waals surface area contributed by atoms with Gasteiger partial charge in [0, 0.05) is 17.6 Å². The van der Waals surface area contributed by atoms with Crippen LogP contribution in [0, 0.1) is 0 Å². The van der Waals surface area contributed by atoms with Gasteiger partial charge in [-0.25, -0.2) is 0 Å². The summed E-state index contributed by atoms with van der Waals surface area (Å²) in [6.45, 7) is 0. The summed E-state index contributed by atoms with van der Waals surface area (Å²) in [5.74, 6) is 0.816. The Labute approximate surface area is 66.4 Å². The largest absolute Gasteiger partial charge is 0.364 e. The highest BCUT2D eigenvalue weighted by Crippen LogP contribution is 2.09. The third-order valence-electron chi connectivity index (χ3n) is 1.53. The first-order valence-corrected chi connectivity index (χ1v) is 3.93. The Morgan fingerprint density at radius 3 is 3.00 bits per heavy atom. The minimum Gasteiger partial charge on any atom is -0.364 e. The van der Waals surface area contributed by atoms with Crippen molar-refractivity contribution < 1.29 is 0 Å². The highest BCUT2D eigenvalue weighted by Gasteiger charge is 2.05. The zero-order valence-electron chi connectivity index (χ0n) is 5.96. The lowest BCUT2D eigenvalue weighted by Crippen LogP contribution is -2.17. The number of H-pyrrole nitrogens is 1. The number of aromatic nitrogens is 1. The van der Waals surface area contributed by atoms with Gasteiger partial charge in [-0.3, -0.25) is 0 Å². The minimum atomic E-state index is 0.346. The summed E-state index contributed by atoms with van der Waals surface area (Å²) in [4.78, 5) is 3.13. The van der Waals surface area contributed by atoms with Crippen LogP contribution in [0.15, 0.2) is 18.3 Å². The SMILES string of the molecule is CNC(CS)c1ccc[nH]1. The second-order valence-corrected chi connectivity index (χ2v) is 2.51. The van der Waals surface area contributed by atoms with Gasteiger partial charge in [0.2, 0.25) is 0 Å². The number of thiol groups is 1. The van der Waals surface area contributed by atoms with E-state index in [-0.39, 0.29) is 0 Å². The lowest BCUT2D eigenvalue weighted by Gasteiger charge is -2.10. The minimum absolute atomic E-state index is 0.346. The van der Waals surface area contributed by atoms with E-state index < -0.39 is 0 Å². The highest BCUT2D eigenvalue weighted by atomic mass is 32.1. The zero-order valence-corrected chi connectivity index (χ0v) is 6.86. The van der Waals surface area contributed by atoms with Crippen molar-refractivity contribution in [3.05, 3.63) is 24.0 Å². The van der Waals surface area contributed by atoms with Gasteiger partial charge in [0.15, 0.2) is 0 Å². The van der Waals surface area contributed by atoms with Crippen molar-refractivity contribution in [2.24, 2.45) is 0 Å². The summed E-state index contributed by atoms with van der Waals surface area (Å²) in [6, 6.07) is 4.39. The van der Waals surface area contributed by atoms with Gasteiger partial charge >= 0.3 is 0 Å². The van der Waals surface area contributed by atoms with Crippen molar-refractivity contribution >= 4 is 12.6 Å². The summed E-state index contributed by atoms with van der Waals surface area (Å²) in [6.07, 6.45) is 1.92. The van der Waals surface area contributed by atoms with E-state index in [2.05, 4.69) is 29.0 Å². The quantitative estimate of drug-likeness (QED) is 0.564. The molecular formula is C7H12N2S. The zero-order chi connectivity index (χ0) is 7.40. The molecule has 1 atom stereocenters. The molecule has 1 unspecified atom stereocenters. The molecule has 0 bridgehead atoms. The van der Waals surface area contributed by atoms with E-state index >= 15 is 0 Å². The van der Waals surface area contributed by atoms with E-state index in [9.17, 15) is 0 Å². The molecule has 2 N–H and O–H groups in total. The molecule has 2 nitrogen and oxygen atoms in total. The smallest absolute Gasteiger partial charge is 0.0559 e. The molecule has 0 aliphatic carbocycles. The first-order valence-electron chi connectivity index (χ1n) is 3.30. The molecule has 56 valence electrons. The van der Waals surface area contributed by atoms with Gasteiger partial charge < -0.3 is 10.3 Å². The lowest BCUT2D eigenvalue weighted by atomic mass is 10.2. The molecule has 3 heteroatoms. The van der Waals surface area contributed by atoms with Crippen LogP contribution in [-0.4, -0.2) is 17.8 Å². The molecule has 10 heavy (non-hydrogen) atoms. The van der Waals surface area contributed by atoms with Crippen LogP contribution in [0.4, 0.5) is 0 Å². The van der Waals surface area contributed by atoms with Crippen LogP contribution in [0.2, 0.25) is 0 Å².